The molecule has 0 aliphatic rings. The van der Waals surface area contributed by atoms with Gasteiger partial charge in [-0.05, 0) is 24.6 Å². The third kappa shape index (κ3) is 3.54. The van der Waals surface area contributed by atoms with E-state index in [0.29, 0.717) is 26.1 Å². The lowest BCUT2D eigenvalue weighted by atomic mass is 10.2. The Hall–Kier alpha value is -1.57. The van der Waals surface area contributed by atoms with Crippen molar-refractivity contribution in [3.05, 3.63) is 29.8 Å². The summed E-state index contributed by atoms with van der Waals surface area (Å²) >= 11 is 0. The maximum absolute atomic E-state index is 8.58. The van der Waals surface area contributed by atoms with E-state index >= 15 is 0 Å². The third-order valence-electron chi connectivity index (χ3n) is 2.15. The average molecular weight is 219 g/mol. The van der Waals surface area contributed by atoms with Gasteiger partial charge in [0.05, 0.1) is 31.3 Å². The molecule has 0 radical (unpaired) electrons. The van der Waals surface area contributed by atoms with Gasteiger partial charge in [0.1, 0.15) is 0 Å². The predicted octanol–water partition coefficient (Wildman–Crippen LogP) is 1.82. The summed E-state index contributed by atoms with van der Waals surface area (Å²) < 4.78 is 0. The molecule has 4 heteroatoms. The fourth-order valence-electron chi connectivity index (χ4n) is 1.41. The zero-order chi connectivity index (χ0) is 11.8. The Morgan fingerprint density at radius 2 is 2.31 bits per heavy atom. The van der Waals surface area contributed by atoms with Crippen molar-refractivity contribution in [1.82, 2.24) is 0 Å². The highest BCUT2D eigenvalue weighted by Gasteiger charge is 2.06. The molecule has 0 saturated carbocycles. The summed E-state index contributed by atoms with van der Waals surface area (Å²) in [4.78, 5) is 5.47. The largest absolute Gasteiger partial charge is 0.326 e. The van der Waals surface area contributed by atoms with E-state index in [1.807, 2.05) is 31.2 Å². The quantitative estimate of drug-likeness (QED) is 0.741. The van der Waals surface area contributed by atoms with Gasteiger partial charge in [-0.3, -0.25) is 9.90 Å². The van der Waals surface area contributed by atoms with Crippen LogP contribution >= 0.6 is 0 Å². The Labute approximate surface area is 96.2 Å². The molecule has 1 rings (SSSR count). The fraction of sp³-hybridized carbons (Fsp3) is 0.417. The van der Waals surface area contributed by atoms with Gasteiger partial charge < -0.3 is 5.73 Å². The first-order valence-corrected chi connectivity index (χ1v) is 5.38. The van der Waals surface area contributed by atoms with Gasteiger partial charge in [0.15, 0.2) is 0 Å². The van der Waals surface area contributed by atoms with Crippen molar-refractivity contribution in [2.45, 2.75) is 19.9 Å². The number of rotatable bonds is 6. The van der Waals surface area contributed by atoms with Crippen LogP contribution < -0.4 is 10.8 Å². The normalized spacial score (nSPS) is 9.81. The van der Waals surface area contributed by atoms with Gasteiger partial charge in [0.2, 0.25) is 0 Å². The molecule has 86 valence electrons. The van der Waals surface area contributed by atoms with Gasteiger partial charge in [-0.15, -0.1) is 0 Å². The summed E-state index contributed by atoms with van der Waals surface area (Å²) in [6.45, 7) is 3.58. The van der Waals surface area contributed by atoms with E-state index in [1.165, 1.54) is 0 Å². The Morgan fingerprint density at radius 1 is 1.50 bits per heavy atom. The summed E-state index contributed by atoms with van der Waals surface area (Å²) in [5.41, 5.74) is 7.58. The van der Waals surface area contributed by atoms with Gasteiger partial charge >= 0.3 is 0 Å². The highest BCUT2D eigenvalue weighted by molar-refractivity contribution is 5.46. The Kier molecular flexibility index (Phi) is 5.34. The zero-order valence-electron chi connectivity index (χ0n) is 9.52. The van der Waals surface area contributed by atoms with Crippen LogP contribution in [0.5, 0.6) is 0 Å². The van der Waals surface area contributed by atoms with Crippen LogP contribution in [0.15, 0.2) is 24.3 Å². The Bertz CT molecular complexity index is 360. The number of hydrogen-bond acceptors (Lipinski definition) is 4. The molecular weight excluding hydrogens is 202 g/mol. The van der Waals surface area contributed by atoms with E-state index in [0.717, 1.165) is 11.3 Å². The smallest absolute Gasteiger partial charge is 0.0720 e. The summed E-state index contributed by atoms with van der Waals surface area (Å²) in [5.74, 6) is 0. The number of nitriles is 1. The lowest BCUT2D eigenvalue weighted by molar-refractivity contribution is 0.121. The highest BCUT2D eigenvalue weighted by Crippen LogP contribution is 2.16. The molecule has 0 heterocycles. The highest BCUT2D eigenvalue weighted by atomic mass is 16.7. The molecule has 0 amide bonds. The second-order valence-corrected chi connectivity index (χ2v) is 3.30. The molecule has 0 aromatic heterocycles. The van der Waals surface area contributed by atoms with E-state index in [-0.39, 0.29) is 0 Å². The Balaban J connectivity index is 2.78. The van der Waals surface area contributed by atoms with Gasteiger partial charge in [-0.1, -0.05) is 12.1 Å². The van der Waals surface area contributed by atoms with Crippen LogP contribution in [0.25, 0.3) is 0 Å². The molecule has 4 nitrogen and oxygen atoms in total. The number of hydroxylamine groups is 1. The van der Waals surface area contributed by atoms with Crippen molar-refractivity contribution in [2.75, 3.05) is 18.2 Å². The van der Waals surface area contributed by atoms with Crippen LogP contribution in [0.3, 0.4) is 0 Å². The Morgan fingerprint density at radius 3 is 2.94 bits per heavy atom. The molecule has 0 atom stereocenters. The molecule has 0 aliphatic carbocycles. The van der Waals surface area contributed by atoms with Gasteiger partial charge in [0, 0.05) is 6.54 Å². The van der Waals surface area contributed by atoms with Gasteiger partial charge in [-0.2, -0.15) is 5.26 Å². The van der Waals surface area contributed by atoms with E-state index in [1.54, 1.807) is 5.06 Å². The predicted molar refractivity (Wildman–Crippen MR) is 63.5 cm³/mol. The number of anilines is 1. The van der Waals surface area contributed by atoms with E-state index < -0.39 is 0 Å². The standard InChI is InChI=1S/C12H17N3O/c1-2-16-15(8-4-7-13)12-6-3-5-11(9-12)10-14/h3,5-6,9H,2,4,8,10,14H2,1H3. The first kappa shape index (κ1) is 12.5. The minimum absolute atomic E-state index is 0.437. The van der Waals surface area contributed by atoms with Crippen LogP contribution in [-0.2, 0) is 11.4 Å². The van der Waals surface area contributed by atoms with Crippen LogP contribution in [0, 0.1) is 11.3 Å². The molecule has 0 spiro atoms. The molecule has 0 saturated heterocycles. The van der Waals surface area contributed by atoms with E-state index in [4.69, 9.17) is 15.8 Å². The van der Waals surface area contributed by atoms with Crippen molar-refractivity contribution in [2.24, 2.45) is 5.73 Å². The summed E-state index contributed by atoms with van der Waals surface area (Å²) in [6.07, 6.45) is 0.437. The first-order valence-electron chi connectivity index (χ1n) is 5.38. The summed E-state index contributed by atoms with van der Waals surface area (Å²) in [5, 5.41) is 10.3. The maximum Gasteiger partial charge on any atom is 0.0720 e. The molecule has 0 bridgehead atoms. The first-order chi connectivity index (χ1) is 7.81. The monoisotopic (exact) mass is 219 g/mol. The summed E-state index contributed by atoms with van der Waals surface area (Å²) in [6, 6.07) is 9.95. The SMILES string of the molecule is CCON(CCC#N)c1cccc(CN)c1. The average Bonchev–Trinajstić information content (AvgIpc) is 2.34. The number of hydrogen-bond donors (Lipinski definition) is 1. The second-order valence-electron chi connectivity index (χ2n) is 3.30. The summed E-state index contributed by atoms with van der Waals surface area (Å²) in [7, 11) is 0. The fourth-order valence-corrected chi connectivity index (χ4v) is 1.41. The zero-order valence-corrected chi connectivity index (χ0v) is 9.52. The number of benzene rings is 1. The van der Waals surface area contributed by atoms with Gasteiger partial charge in [0.25, 0.3) is 0 Å². The van der Waals surface area contributed by atoms with Crippen LogP contribution in [0.4, 0.5) is 5.69 Å². The molecule has 0 unspecified atom stereocenters. The lowest BCUT2D eigenvalue weighted by Crippen LogP contribution is -2.24. The number of nitrogens with two attached hydrogens (primary N) is 1. The number of nitrogens with zero attached hydrogens (tertiary/aromatic N) is 2. The minimum atomic E-state index is 0.437. The van der Waals surface area contributed by atoms with Crippen LogP contribution in [-0.4, -0.2) is 13.2 Å². The molecule has 1 aromatic carbocycles. The molecule has 1 aromatic rings. The minimum Gasteiger partial charge on any atom is -0.326 e. The third-order valence-corrected chi connectivity index (χ3v) is 2.15. The molecule has 0 fully saturated rings. The van der Waals surface area contributed by atoms with Crippen molar-refractivity contribution in [3.8, 4) is 6.07 Å². The van der Waals surface area contributed by atoms with Crippen molar-refractivity contribution < 1.29 is 4.84 Å². The maximum atomic E-state index is 8.58. The van der Waals surface area contributed by atoms with E-state index in [9.17, 15) is 0 Å². The molecule has 0 aliphatic heterocycles. The van der Waals surface area contributed by atoms with Gasteiger partial charge in [-0.25, -0.2) is 0 Å². The van der Waals surface area contributed by atoms with Crippen LogP contribution in [0.1, 0.15) is 18.9 Å². The van der Waals surface area contributed by atoms with E-state index in [2.05, 4.69) is 6.07 Å². The van der Waals surface area contributed by atoms with Crippen LogP contribution in [0.2, 0.25) is 0 Å². The lowest BCUT2D eigenvalue weighted by Gasteiger charge is -2.22. The second kappa shape index (κ2) is 6.83. The molecule has 2 N–H and O–H groups in total. The molecular formula is C12H17N3O. The topological polar surface area (TPSA) is 62.3 Å². The van der Waals surface area contributed by atoms with Crippen molar-refractivity contribution in [1.29, 1.82) is 5.26 Å². The van der Waals surface area contributed by atoms with Crippen molar-refractivity contribution in [3.63, 3.8) is 0 Å². The molecule has 16 heavy (non-hydrogen) atoms. The van der Waals surface area contributed by atoms with Crippen molar-refractivity contribution >= 4 is 5.69 Å².